The van der Waals surface area contributed by atoms with Crippen LogP contribution in [0.2, 0.25) is 0 Å². The molecule has 1 fully saturated rings. The number of hydrogen-bond donors (Lipinski definition) is 1. The molecular weight excluding hydrogens is 294 g/mol. The van der Waals surface area contributed by atoms with Gasteiger partial charge in [0.15, 0.2) is 0 Å². The summed E-state index contributed by atoms with van der Waals surface area (Å²) in [4.78, 5) is 1.38. The van der Waals surface area contributed by atoms with Crippen molar-refractivity contribution in [3.05, 3.63) is 28.2 Å². The van der Waals surface area contributed by atoms with Crippen molar-refractivity contribution in [2.24, 2.45) is 5.73 Å². The molecule has 2 N–H and O–H groups in total. The number of hydrogen-bond acceptors (Lipinski definition) is 2. The van der Waals surface area contributed by atoms with Gasteiger partial charge in [0.1, 0.15) is 0 Å². The van der Waals surface area contributed by atoms with Crippen molar-refractivity contribution in [3.8, 4) is 0 Å². The molecular formula is C14H20BrNS. The fourth-order valence-electron chi connectivity index (χ4n) is 2.32. The Bertz CT molecular complexity index is 372. The Labute approximate surface area is 117 Å². The molecule has 1 aromatic carbocycles. The van der Waals surface area contributed by atoms with E-state index in [4.69, 9.17) is 5.73 Å². The highest BCUT2D eigenvalue weighted by Gasteiger charge is 2.17. The van der Waals surface area contributed by atoms with E-state index >= 15 is 0 Å². The van der Waals surface area contributed by atoms with Crippen LogP contribution in [-0.2, 0) is 6.42 Å². The lowest BCUT2D eigenvalue weighted by Crippen LogP contribution is -2.17. The lowest BCUT2D eigenvalue weighted by molar-refractivity contribution is 0.737. The molecule has 94 valence electrons. The van der Waals surface area contributed by atoms with Gasteiger partial charge >= 0.3 is 0 Å². The maximum atomic E-state index is 5.82. The monoisotopic (exact) mass is 313 g/mol. The molecule has 0 radical (unpaired) electrons. The first-order chi connectivity index (χ1) is 8.15. The van der Waals surface area contributed by atoms with E-state index in [1.54, 1.807) is 0 Å². The standard InChI is InChI=1S/C14H20BrNS/c1-10(16)8-11-6-7-14(13(15)9-11)17-12-4-2-3-5-12/h6-7,9-10,12H,2-5,8,16H2,1H3. The fraction of sp³-hybridized carbons (Fsp3) is 0.571. The summed E-state index contributed by atoms with van der Waals surface area (Å²) in [5.74, 6) is 0. The second-order valence-electron chi connectivity index (χ2n) is 4.97. The fourth-order valence-corrected chi connectivity index (χ4v) is 4.28. The predicted molar refractivity (Wildman–Crippen MR) is 79.6 cm³/mol. The van der Waals surface area contributed by atoms with Gasteiger partial charge in [-0.15, -0.1) is 11.8 Å². The number of nitrogens with two attached hydrogens (primary N) is 1. The molecule has 3 heteroatoms. The van der Waals surface area contributed by atoms with Crippen molar-refractivity contribution in [2.45, 2.75) is 55.2 Å². The van der Waals surface area contributed by atoms with Crippen LogP contribution in [-0.4, -0.2) is 11.3 Å². The first-order valence-corrected chi connectivity index (χ1v) is 8.03. The largest absolute Gasteiger partial charge is 0.328 e. The van der Waals surface area contributed by atoms with Crippen LogP contribution in [0.25, 0.3) is 0 Å². The molecule has 1 atom stereocenters. The molecule has 0 aliphatic heterocycles. The summed E-state index contributed by atoms with van der Waals surface area (Å²) in [6.45, 7) is 2.05. The molecule has 1 saturated carbocycles. The average molecular weight is 314 g/mol. The van der Waals surface area contributed by atoms with Gasteiger partial charge in [-0.05, 0) is 59.8 Å². The lowest BCUT2D eigenvalue weighted by Gasteiger charge is -2.12. The lowest BCUT2D eigenvalue weighted by atomic mass is 10.1. The summed E-state index contributed by atoms with van der Waals surface area (Å²) in [5.41, 5.74) is 7.15. The van der Waals surface area contributed by atoms with E-state index in [1.807, 2.05) is 11.8 Å². The first-order valence-electron chi connectivity index (χ1n) is 6.36. The third-order valence-electron chi connectivity index (χ3n) is 3.15. The summed E-state index contributed by atoms with van der Waals surface area (Å²) in [6, 6.07) is 6.91. The van der Waals surface area contributed by atoms with Gasteiger partial charge in [0.25, 0.3) is 0 Å². The van der Waals surface area contributed by atoms with Crippen LogP contribution < -0.4 is 5.73 Å². The highest BCUT2D eigenvalue weighted by atomic mass is 79.9. The van der Waals surface area contributed by atoms with E-state index in [-0.39, 0.29) is 6.04 Å². The molecule has 0 bridgehead atoms. The summed E-state index contributed by atoms with van der Waals surface area (Å²) >= 11 is 5.71. The Hall–Kier alpha value is 0.01000. The predicted octanol–water partition coefficient (Wildman–Crippen LogP) is 4.37. The second-order valence-corrected chi connectivity index (χ2v) is 7.17. The third kappa shape index (κ3) is 4.01. The number of rotatable bonds is 4. The zero-order chi connectivity index (χ0) is 12.3. The van der Waals surface area contributed by atoms with Crippen LogP contribution in [0.3, 0.4) is 0 Å². The highest BCUT2D eigenvalue weighted by molar-refractivity contribution is 9.10. The SMILES string of the molecule is CC(N)Cc1ccc(SC2CCCC2)c(Br)c1. The molecule has 0 aromatic heterocycles. The Morgan fingerprint density at radius 3 is 2.71 bits per heavy atom. The minimum Gasteiger partial charge on any atom is -0.328 e. The molecule has 0 amide bonds. The Balaban J connectivity index is 2.03. The van der Waals surface area contributed by atoms with Crippen LogP contribution in [0.5, 0.6) is 0 Å². The summed E-state index contributed by atoms with van der Waals surface area (Å²) < 4.78 is 1.23. The van der Waals surface area contributed by atoms with Crippen LogP contribution >= 0.6 is 27.7 Å². The molecule has 1 unspecified atom stereocenters. The maximum Gasteiger partial charge on any atom is 0.0314 e. The van der Waals surface area contributed by atoms with Gasteiger partial charge in [-0.2, -0.15) is 0 Å². The normalized spacial score (nSPS) is 18.5. The van der Waals surface area contributed by atoms with Crippen molar-refractivity contribution in [1.82, 2.24) is 0 Å². The zero-order valence-electron chi connectivity index (χ0n) is 10.3. The van der Waals surface area contributed by atoms with E-state index in [9.17, 15) is 0 Å². The smallest absolute Gasteiger partial charge is 0.0314 e. The van der Waals surface area contributed by atoms with E-state index < -0.39 is 0 Å². The molecule has 1 aromatic rings. The number of thioether (sulfide) groups is 1. The molecule has 0 spiro atoms. The first kappa shape index (κ1) is 13.4. The van der Waals surface area contributed by atoms with Gasteiger partial charge in [-0.3, -0.25) is 0 Å². The molecule has 1 nitrogen and oxygen atoms in total. The summed E-state index contributed by atoms with van der Waals surface area (Å²) in [5, 5.41) is 0.825. The summed E-state index contributed by atoms with van der Waals surface area (Å²) in [7, 11) is 0. The third-order valence-corrected chi connectivity index (χ3v) is 5.48. The summed E-state index contributed by atoms with van der Waals surface area (Å²) in [6.07, 6.45) is 6.50. The van der Waals surface area contributed by atoms with Crippen LogP contribution in [0, 0.1) is 0 Å². The minimum atomic E-state index is 0.232. The van der Waals surface area contributed by atoms with Crippen LogP contribution in [0.1, 0.15) is 38.2 Å². The van der Waals surface area contributed by atoms with Crippen molar-refractivity contribution < 1.29 is 0 Å². The van der Waals surface area contributed by atoms with Crippen LogP contribution in [0.4, 0.5) is 0 Å². The Kier molecular flexibility index (Phi) is 4.95. The molecule has 2 rings (SSSR count). The van der Waals surface area contributed by atoms with Gasteiger partial charge in [0, 0.05) is 20.7 Å². The molecule has 1 aliphatic rings. The van der Waals surface area contributed by atoms with Crippen molar-refractivity contribution in [2.75, 3.05) is 0 Å². The van der Waals surface area contributed by atoms with E-state index in [2.05, 4.69) is 41.1 Å². The Morgan fingerprint density at radius 1 is 1.41 bits per heavy atom. The highest BCUT2D eigenvalue weighted by Crippen LogP contribution is 2.38. The van der Waals surface area contributed by atoms with Gasteiger partial charge in [-0.25, -0.2) is 0 Å². The van der Waals surface area contributed by atoms with Crippen molar-refractivity contribution >= 4 is 27.7 Å². The quantitative estimate of drug-likeness (QED) is 0.893. The second kappa shape index (κ2) is 6.26. The van der Waals surface area contributed by atoms with Gasteiger partial charge < -0.3 is 5.73 Å². The van der Waals surface area contributed by atoms with Crippen LogP contribution in [0.15, 0.2) is 27.6 Å². The topological polar surface area (TPSA) is 26.0 Å². The van der Waals surface area contributed by atoms with Gasteiger partial charge in [-0.1, -0.05) is 18.9 Å². The van der Waals surface area contributed by atoms with Gasteiger partial charge in [0.05, 0.1) is 0 Å². The molecule has 1 aliphatic carbocycles. The van der Waals surface area contributed by atoms with Gasteiger partial charge in [0.2, 0.25) is 0 Å². The molecule has 0 heterocycles. The Morgan fingerprint density at radius 2 is 2.12 bits per heavy atom. The van der Waals surface area contributed by atoms with E-state index in [0.717, 1.165) is 11.7 Å². The van der Waals surface area contributed by atoms with Crippen molar-refractivity contribution in [3.63, 3.8) is 0 Å². The van der Waals surface area contributed by atoms with E-state index in [1.165, 1.54) is 40.6 Å². The van der Waals surface area contributed by atoms with Crippen molar-refractivity contribution in [1.29, 1.82) is 0 Å². The number of halogens is 1. The maximum absolute atomic E-state index is 5.82. The molecule has 17 heavy (non-hydrogen) atoms. The minimum absolute atomic E-state index is 0.232. The number of benzene rings is 1. The van der Waals surface area contributed by atoms with E-state index in [0.29, 0.717) is 0 Å². The average Bonchev–Trinajstić information content (AvgIpc) is 2.74. The molecule has 0 saturated heterocycles. The zero-order valence-corrected chi connectivity index (χ0v) is 12.7.